The van der Waals surface area contributed by atoms with Crippen molar-refractivity contribution in [3.63, 3.8) is 0 Å². The summed E-state index contributed by atoms with van der Waals surface area (Å²) >= 11 is 5.13. The Labute approximate surface area is 90.3 Å². The van der Waals surface area contributed by atoms with Gasteiger partial charge in [-0.3, -0.25) is 0 Å². The summed E-state index contributed by atoms with van der Waals surface area (Å²) in [6, 6.07) is 0. The Kier molecular flexibility index (Phi) is 6.84. The van der Waals surface area contributed by atoms with E-state index in [9.17, 15) is 0 Å². The zero-order valence-electron chi connectivity index (χ0n) is 6.53. The molecule has 0 bridgehead atoms. The fourth-order valence-corrected chi connectivity index (χ4v) is 2.72. The van der Waals surface area contributed by atoms with E-state index in [4.69, 9.17) is 0 Å². The van der Waals surface area contributed by atoms with Crippen LogP contribution in [0.4, 0.5) is 0 Å². The summed E-state index contributed by atoms with van der Waals surface area (Å²) in [6.45, 7) is 4.58. The SMILES string of the molecule is CCCC/C=C/[Si](C)(I)I. The minimum atomic E-state index is -0.948. The highest BCUT2D eigenvalue weighted by Gasteiger charge is 2.12. The van der Waals surface area contributed by atoms with Crippen LogP contribution in [0.5, 0.6) is 0 Å². The van der Waals surface area contributed by atoms with Crippen molar-refractivity contribution in [1.82, 2.24) is 0 Å². The van der Waals surface area contributed by atoms with E-state index in [0.29, 0.717) is 0 Å². The Balaban J connectivity index is 3.37. The summed E-state index contributed by atoms with van der Waals surface area (Å²) < 4.78 is -0.948. The van der Waals surface area contributed by atoms with Crippen molar-refractivity contribution in [2.24, 2.45) is 0 Å². The molecule has 0 aromatic heterocycles. The van der Waals surface area contributed by atoms with Gasteiger partial charge in [0.1, 0.15) is 0 Å². The van der Waals surface area contributed by atoms with Gasteiger partial charge in [-0.2, -0.15) is 0 Å². The second-order valence-electron chi connectivity index (χ2n) is 2.50. The molecule has 0 heterocycles. The molecule has 0 aromatic carbocycles. The molecule has 0 N–H and O–H groups in total. The Morgan fingerprint density at radius 3 is 2.40 bits per heavy atom. The number of hydrogen-bond acceptors (Lipinski definition) is 0. The fourth-order valence-electron chi connectivity index (χ4n) is 0.612. The Morgan fingerprint density at radius 2 is 2.00 bits per heavy atom. The third-order valence-electron chi connectivity index (χ3n) is 1.13. The molecule has 0 amide bonds. The van der Waals surface area contributed by atoms with Gasteiger partial charge in [0.25, 0.3) is 0 Å². The van der Waals surface area contributed by atoms with Gasteiger partial charge in [0.15, 0.2) is 0 Å². The van der Waals surface area contributed by atoms with E-state index in [1.165, 1.54) is 19.3 Å². The molecule has 0 saturated carbocycles. The van der Waals surface area contributed by atoms with Gasteiger partial charge in [0.05, 0.1) is 0 Å². The molecule has 0 radical (unpaired) electrons. The van der Waals surface area contributed by atoms with Gasteiger partial charge in [-0.15, -0.1) is 0 Å². The van der Waals surface area contributed by atoms with Gasteiger partial charge < -0.3 is 0 Å². The van der Waals surface area contributed by atoms with E-state index in [1.807, 2.05) is 0 Å². The second-order valence-corrected chi connectivity index (χ2v) is 24.4. The lowest BCUT2D eigenvalue weighted by Crippen LogP contribution is -2.04. The largest absolute Gasteiger partial charge is 0.211 e. The summed E-state index contributed by atoms with van der Waals surface area (Å²) in [5.41, 5.74) is 2.41. The first-order valence-corrected chi connectivity index (χ1v) is 12.4. The molecule has 0 unspecified atom stereocenters. The van der Waals surface area contributed by atoms with Crippen molar-refractivity contribution < 1.29 is 0 Å². The van der Waals surface area contributed by atoms with E-state index >= 15 is 0 Å². The van der Waals surface area contributed by atoms with Gasteiger partial charge in [0, 0.05) is 0 Å². The summed E-state index contributed by atoms with van der Waals surface area (Å²) in [6.07, 6.45) is 6.26. The summed E-state index contributed by atoms with van der Waals surface area (Å²) in [5.74, 6) is 0. The summed E-state index contributed by atoms with van der Waals surface area (Å²) in [5, 5.41) is 0. The summed E-state index contributed by atoms with van der Waals surface area (Å²) in [4.78, 5) is 0. The van der Waals surface area contributed by atoms with Gasteiger partial charge in [0.2, 0.25) is 3.07 Å². The maximum atomic E-state index is 2.57. The third-order valence-corrected chi connectivity index (χ3v) is 4.11. The Bertz CT molecular complexity index is 105. The number of allylic oxidation sites excluding steroid dienone is 1. The zero-order valence-corrected chi connectivity index (χ0v) is 11.8. The van der Waals surface area contributed by atoms with E-state index in [1.54, 1.807) is 0 Å². The molecule has 0 aliphatic carbocycles. The molecule has 0 aliphatic rings. The van der Waals surface area contributed by atoms with Gasteiger partial charge in [-0.1, -0.05) is 75.1 Å². The topological polar surface area (TPSA) is 0 Å². The fraction of sp³-hybridized carbons (Fsp3) is 0.714. The zero-order chi connectivity index (χ0) is 8.04. The molecule has 0 rings (SSSR count). The molecular formula is C7H14I2Si. The first-order chi connectivity index (χ1) is 4.56. The van der Waals surface area contributed by atoms with Crippen molar-refractivity contribution in [3.8, 4) is 0 Å². The molecule has 0 saturated heterocycles. The first-order valence-electron chi connectivity index (χ1n) is 3.62. The maximum Gasteiger partial charge on any atom is 0.211 e. The normalized spacial score (nSPS) is 12.8. The highest BCUT2D eigenvalue weighted by molar-refractivity contribution is 14.3. The molecular weight excluding hydrogens is 366 g/mol. The Morgan fingerprint density at radius 1 is 1.40 bits per heavy atom. The summed E-state index contributed by atoms with van der Waals surface area (Å²) in [7, 11) is 0. The van der Waals surface area contributed by atoms with E-state index in [2.05, 4.69) is 68.8 Å². The molecule has 60 valence electrons. The van der Waals surface area contributed by atoms with Crippen LogP contribution in [-0.4, -0.2) is 3.07 Å². The lowest BCUT2D eigenvalue weighted by molar-refractivity contribution is 0.815. The maximum absolute atomic E-state index is 2.57. The van der Waals surface area contributed by atoms with Crippen LogP contribution in [0, 0.1) is 0 Å². The van der Waals surface area contributed by atoms with Crippen LogP contribution in [0.25, 0.3) is 0 Å². The monoisotopic (exact) mass is 380 g/mol. The molecule has 0 nitrogen and oxygen atoms in total. The van der Waals surface area contributed by atoms with Crippen LogP contribution < -0.4 is 0 Å². The minimum absolute atomic E-state index is 0.948. The average Bonchev–Trinajstić information content (AvgIpc) is 1.78. The van der Waals surface area contributed by atoms with Crippen molar-refractivity contribution in [2.75, 3.05) is 0 Å². The van der Waals surface area contributed by atoms with Crippen molar-refractivity contribution in [2.45, 2.75) is 32.7 Å². The molecule has 0 spiro atoms. The van der Waals surface area contributed by atoms with E-state index in [0.717, 1.165) is 0 Å². The predicted molar refractivity (Wildman–Crippen MR) is 68.3 cm³/mol. The van der Waals surface area contributed by atoms with Crippen LogP contribution in [0.2, 0.25) is 6.55 Å². The quantitative estimate of drug-likeness (QED) is 0.297. The van der Waals surface area contributed by atoms with Crippen LogP contribution in [0.15, 0.2) is 11.8 Å². The number of halogens is 2. The standard InChI is InChI=1S/C7H14I2Si/c1-3-4-5-6-7-10(2,8)9/h6-7H,3-5H2,1-2H3/b7-6+. The van der Waals surface area contributed by atoms with E-state index < -0.39 is 3.07 Å². The molecule has 10 heavy (non-hydrogen) atoms. The molecule has 3 heteroatoms. The lowest BCUT2D eigenvalue weighted by Gasteiger charge is -2.02. The van der Waals surface area contributed by atoms with Crippen LogP contribution >= 0.6 is 43.6 Å². The van der Waals surface area contributed by atoms with Gasteiger partial charge >= 0.3 is 0 Å². The smallest absolute Gasteiger partial charge is 0.0994 e. The van der Waals surface area contributed by atoms with Gasteiger partial charge in [-0.05, 0) is 13.0 Å². The molecule has 0 fully saturated rings. The van der Waals surface area contributed by atoms with Crippen LogP contribution in [0.1, 0.15) is 26.2 Å². The number of unbranched alkanes of at least 4 members (excludes halogenated alkanes) is 2. The van der Waals surface area contributed by atoms with E-state index in [-0.39, 0.29) is 0 Å². The highest BCUT2D eigenvalue weighted by atomic mass is 127. The van der Waals surface area contributed by atoms with Crippen molar-refractivity contribution >= 4 is 46.7 Å². The first kappa shape index (κ1) is 11.4. The van der Waals surface area contributed by atoms with Crippen molar-refractivity contribution in [3.05, 3.63) is 11.8 Å². The van der Waals surface area contributed by atoms with Gasteiger partial charge in [-0.25, -0.2) is 0 Å². The number of hydrogen-bond donors (Lipinski definition) is 0. The average molecular weight is 380 g/mol. The van der Waals surface area contributed by atoms with Crippen LogP contribution in [0.3, 0.4) is 0 Å². The minimum Gasteiger partial charge on any atom is -0.0994 e. The predicted octanol–water partition coefficient (Wildman–Crippen LogP) is 4.21. The molecule has 0 aliphatic heterocycles. The number of rotatable bonds is 4. The lowest BCUT2D eigenvalue weighted by atomic mass is 10.2. The Hall–Kier alpha value is 1.42. The second kappa shape index (κ2) is 5.99. The highest BCUT2D eigenvalue weighted by Crippen LogP contribution is 2.22. The van der Waals surface area contributed by atoms with Crippen molar-refractivity contribution in [1.29, 1.82) is 0 Å². The third kappa shape index (κ3) is 9.42. The molecule has 0 atom stereocenters. The van der Waals surface area contributed by atoms with Crippen LogP contribution in [-0.2, 0) is 0 Å². The molecule has 0 aromatic rings.